The third-order valence-electron chi connectivity index (χ3n) is 8.15. The average Bonchev–Trinajstić information content (AvgIpc) is 3.51. The van der Waals surface area contributed by atoms with E-state index in [4.69, 9.17) is 0 Å². The molecule has 1 saturated heterocycles. The highest BCUT2D eigenvalue weighted by molar-refractivity contribution is 5.57. The van der Waals surface area contributed by atoms with Gasteiger partial charge < -0.3 is 0 Å². The lowest BCUT2D eigenvalue weighted by Gasteiger charge is -2.42. The van der Waals surface area contributed by atoms with Crippen molar-refractivity contribution in [3.05, 3.63) is 69.9 Å². The molecule has 2 aliphatic heterocycles. The summed E-state index contributed by atoms with van der Waals surface area (Å²) in [6.07, 6.45) is 1.04. The largest absolute Gasteiger partial charge is 0.418 e. The smallest absolute Gasteiger partial charge is 0.299 e. The second-order valence-electron chi connectivity index (χ2n) is 11.0. The number of hydrogen-bond acceptors (Lipinski definition) is 7. The Labute approximate surface area is 217 Å². The number of alkyl halides is 3. The summed E-state index contributed by atoms with van der Waals surface area (Å²) in [5.41, 5.74) is 10.3. The molecule has 0 spiro atoms. The molecule has 3 atom stereocenters. The number of aromatic nitrogens is 2. The first-order valence-corrected chi connectivity index (χ1v) is 12.7. The average molecular weight is 531 g/mol. The van der Waals surface area contributed by atoms with E-state index in [-0.39, 0.29) is 17.6 Å². The van der Waals surface area contributed by atoms with Gasteiger partial charge in [0.1, 0.15) is 6.67 Å². The number of hydrazine groups is 2. The number of imidazole rings is 1. The highest BCUT2D eigenvalue weighted by Crippen LogP contribution is 2.45. The van der Waals surface area contributed by atoms with Crippen LogP contribution < -0.4 is 22.1 Å². The standard InChI is InChI=1S/C25H31F3N9O/c1-34-22(30-32-33-34)17-10-16(21(15-6-4-7-15)23-31-29-14-37(23,2)3)11-18(12-17)36-13-20-19(25(26,27)28)8-5-9-35(20)24(36)38/h5,8-13,15,21-23,29,31H,4,6-7,14H2,1-3H3,(H,30,33)/q+1/t21-,22?,23?/m0/s1. The predicted octanol–water partition coefficient (Wildman–Crippen LogP) is 3.28. The number of halogens is 3. The molecule has 2 unspecified atom stereocenters. The number of fused-ring (bicyclic) bond motifs is 1. The van der Waals surface area contributed by atoms with Gasteiger partial charge in [0.25, 0.3) is 0 Å². The minimum Gasteiger partial charge on any atom is -0.299 e. The van der Waals surface area contributed by atoms with Crippen molar-refractivity contribution >= 4 is 5.52 Å². The van der Waals surface area contributed by atoms with Crippen molar-refractivity contribution in [1.29, 1.82) is 0 Å². The number of rotatable bonds is 5. The van der Waals surface area contributed by atoms with Crippen molar-refractivity contribution < 1.29 is 17.7 Å². The Morgan fingerprint density at radius 3 is 2.58 bits per heavy atom. The van der Waals surface area contributed by atoms with Crippen LogP contribution in [0.5, 0.6) is 0 Å². The summed E-state index contributed by atoms with van der Waals surface area (Å²) in [5, 5.41) is 9.98. The quantitative estimate of drug-likeness (QED) is 0.441. The van der Waals surface area contributed by atoms with E-state index in [0.29, 0.717) is 11.6 Å². The van der Waals surface area contributed by atoms with Crippen molar-refractivity contribution in [3.8, 4) is 5.69 Å². The van der Waals surface area contributed by atoms with Gasteiger partial charge in [-0.2, -0.15) is 18.2 Å². The molecule has 38 heavy (non-hydrogen) atoms. The van der Waals surface area contributed by atoms with Crippen LogP contribution in [0.4, 0.5) is 13.2 Å². The Hall–Kier alpha value is -3.26. The van der Waals surface area contributed by atoms with E-state index >= 15 is 0 Å². The molecule has 6 rings (SSSR count). The number of pyridine rings is 1. The van der Waals surface area contributed by atoms with Gasteiger partial charge in [-0.25, -0.2) is 21.2 Å². The second kappa shape index (κ2) is 8.90. The van der Waals surface area contributed by atoms with E-state index in [1.165, 1.54) is 23.0 Å². The van der Waals surface area contributed by atoms with Gasteiger partial charge in [-0.1, -0.05) is 17.7 Å². The molecule has 13 heteroatoms. The van der Waals surface area contributed by atoms with Crippen LogP contribution in [0.25, 0.3) is 11.2 Å². The molecule has 2 fully saturated rings. The fraction of sp³-hybridized carbons (Fsp3) is 0.480. The Morgan fingerprint density at radius 2 is 1.97 bits per heavy atom. The van der Waals surface area contributed by atoms with Crippen molar-refractivity contribution in [1.82, 2.24) is 30.4 Å². The molecule has 3 aliphatic rings. The molecule has 1 aromatic carbocycles. The van der Waals surface area contributed by atoms with Crippen molar-refractivity contribution in [2.45, 2.75) is 43.7 Å². The van der Waals surface area contributed by atoms with Crippen LogP contribution in [0.3, 0.4) is 0 Å². The Bertz CT molecular complexity index is 1460. The molecule has 2 aromatic heterocycles. The van der Waals surface area contributed by atoms with Crippen LogP contribution in [0.15, 0.2) is 57.9 Å². The fourth-order valence-electron chi connectivity index (χ4n) is 5.91. The number of hydrogen-bond donors (Lipinski definition) is 3. The number of likely N-dealkylation sites (N-methyl/N-ethyl adjacent to an activating group) is 1. The van der Waals surface area contributed by atoms with Crippen molar-refractivity contribution in [2.75, 3.05) is 27.8 Å². The molecule has 0 radical (unpaired) electrons. The lowest BCUT2D eigenvalue weighted by atomic mass is 9.71. The number of benzene rings is 1. The van der Waals surface area contributed by atoms with E-state index in [0.717, 1.165) is 52.0 Å². The molecular formula is C25H31F3N9O+. The van der Waals surface area contributed by atoms with Gasteiger partial charge in [-0.05, 0) is 54.2 Å². The van der Waals surface area contributed by atoms with Gasteiger partial charge >= 0.3 is 11.9 Å². The topological polar surface area (TPSA) is 90.5 Å². The van der Waals surface area contributed by atoms with E-state index in [9.17, 15) is 18.0 Å². The first kappa shape index (κ1) is 25.0. The molecule has 3 N–H and O–H groups in total. The Morgan fingerprint density at radius 1 is 1.18 bits per heavy atom. The predicted molar refractivity (Wildman–Crippen MR) is 134 cm³/mol. The SMILES string of the molecule is CN1NN=NC1c1cc([C@H](C2CCC2)C2NNC[N+]2(C)C)cc(-n2cc3c(C(F)(F)F)cccn3c2=O)c1. The second-order valence-corrected chi connectivity index (χ2v) is 11.0. The minimum atomic E-state index is -4.59. The summed E-state index contributed by atoms with van der Waals surface area (Å²) in [7, 11) is 6.15. The maximum atomic E-state index is 13.7. The Balaban J connectivity index is 1.55. The highest BCUT2D eigenvalue weighted by Gasteiger charge is 2.46. The molecule has 0 bridgehead atoms. The molecular weight excluding hydrogens is 499 g/mol. The third kappa shape index (κ3) is 4.10. The molecule has 10 nitrogen and oxygen atoms in total. The molecule has 1 aliphatic carbocycles. The summed E-state index contributed by atoms with van der Waals surface area (Å²) in [5.74, 6) is 0.554. The van der Waals surface area contributed by atoms with E-state index < -0.39 is 23.6 Å². The Kier molecular flexibility index (Phi) is 5.87. The molecule has 4 heterocycles. The van der Waals surface area contributed by atoms with Crippen LogP contribution in [-0.2, 0) is 6.18 Å². The highest BCUT2D eigenvalue weighted by atomic mass is 19.4. The molecule has 1 saturated carbocycles. The summed E-state index contributed by atoms with van der Waals surface area (Å²) in [6.45, 7) is 0.758. The summed E-state index contributed by atoms with van der Waals surface area (Å²) in [6, 6.07) is 8.09. The fourth-order valence-corrected chi connectivity index (χ4v) is 5.91. The van der Waals surface area contributed by atoms with Crippen LogP contribution in [0.1, 0.15) is 48.0 Å². The number of quaternary nitrogens is 1. The summed E-state index contributed by atoms with van der Waals surface area (Å²) < 4.78 is 44.3. The van der Waals surface area contributed by atoms with Gasteiger partial charge in [0, 0.05) is 19.4 Å². The lowest BCUT2D eigenvalue weighted by molar-refractivity contribution is -0.907. The minimum absolute atomic E-state index is 0.0751. The van der Waals surface area contributed by atoms with Gasteiger partial charge in [0.15, 0.2) is 12.3 Å². The normalized spacial score (nSPS) is 24.6. The first-order valence-electron chi connectivity index (χ1n) is 12.7. The summed E-state index contributed by atoms with van der Waals surface area (Å²) >= 11 is 0. The van der Waals surface area contributed by atoms with Gasteiger partial charge in [-0.3, -0.25) is 13.5 Å². The first-order chi connectivity index (χ1) is 18.0. The molecule has 202 valence electrons. The lowest BCUT2D eigenvalue weighted by Crippen LogP contribution is -2.53. The van der Waals surface area contributed by atoms with E-state index in [1.807, 2.05) is 19.2 Å². The molecule has 0 amide bonds. The van der Waals surface area contributed by atoms with Gasteiger partial charge in [0.2, 0.25) is 0 Å². The zero-order valence-electron chi connectivity index (χ0n) is 21.4. The zero-order valence-corrected chi connectivity index (χ0v) is 21.4. The van der Waals surface area contributed by atoms with Crippen LogP contribution in [0.2, 0.25) is 0 Å². The molecule has 3 aromatic rings. The van der Waals surface area contributed by atoms with Crippen LogP contribution >= 0.6 is 0 Å². The van der Waals surface area contributed by atoms with E-state index in [1.54, 1.807) is 5.01 Å². The maximum absolute atomic E-state index is 13.7. The van der Waals surface area contributed by atoms with Crippen molar-refractivity contribution in [3.63, 3.8) is 0 Å². The zero-order chi connectivity index (χ0) is 26.8. The van der Waals surface area contributed by atoms with Crippen LogP contribution in [0, 0.1) is 5.92 Å². The maximum Gasteiger partial charge on any atom is 0.418 e. The van der Waals surface area contributed by atoms with Gasteiger partial charge in [0.05, 0.1) is 36.8 Å². The summed E-state index contributed by atoms with van der Waals surface area (Å²) in [4.78, 5) is 13.4. The number of nitrogens with one attached hydrogen (secondary N) is 3. The van der Waals surface area contributed by atoms with Gasteiger partial charge in [-0.15, -0.1) is 5.11 Å². The van der Waals surface area contributed by atoms with Crippen molar-refractivity contribution in [2.24, 2.45) is 16.3 Å². The third-order valence-corrected chi connectivity index (χ3v) is 8.15. The van der Waals surface area contributed by atoms with Crippen LogP contribution in [-0.4, -0.2) is 52.4 Å². The number of nitrogens with zero attached hydrogens (tertiary/aromatic N) is 6. The van der Waals surface area contributed by atoms with E-state index in [2.05, 4.69) is 46.9 Å². The monoisotopic (exact) mass is 530 g/mol.